The summed E-state index contributed by atoms with van der Waals surface area (Å²) in [6.45, 7) is 2.26. The highest BCUT2D eigenvalue weighted by Crippen LogP contribution is 1.98. The van der Waals surface area contributed by atoms with Crippen LogP contribution in [0.3, 0.4) is 0 Å². The van der Waals surface area contributed by atoms with Crippen LogP contribution in [0.5, 0.6) is 0 Å². The Bertz CT molecular complexity index is 225. The molecule has 5 heteroatoms. The fourth-order valence-corrected chi connectivity index (χ4v) is 1.18. The zero-order valence-electron chi connectivity index (χ0n) is 10.1. The number of guanidine groups is 1. The fraction of sp³-hybridized carbons (Fsp3) is 0.800. The van der Waals surface area contributed by atoms with Crippen molar-refractivity contribution in [3.8, 4) is 0 Å². The summed E-state index contributed by atoms with van der Waals surface area (Å²) in [4.78, 5) is 17.0. The third-order valence-electron chi connectivity index (χ3n) is 2.22. The predicted octanol–water partition coefficient (Wildman–Crippen LogP) is -0.180. The van der Waals surface area contributed by atoms with Gasteiger partial charge >= 0.3 is 0 Å². The lowest BCUT2D eigenvalue weighted by Crippen LogP contribution is -2.32. The number of hydrogen-bond acceptors (Lipinski definition) is 3. The molecule has 0 fully saturated rings. The smallest absolute Gasteiger partial charge is 0.190 e. The van der Waals surface area contributed by atoms with Gasteiger partial charge in [0.15, 0.2) is 5.96 Å². The van der Waals surface area contributed by atoms with Crippen LogP contribution in [0.25, 0.3) is 0 Å². The molecule has 88 valence electrons. The molecule has 0 aromatic heterocycles. The van der Waals surface area contributed by atoms with E-state index in [2.05, 4.69) is 10.3 Å². The number of nitrogens with two attached hydrogens (primary N) is 1. The van der Waals surface area contributed by atoms with Crippen molar-refractivity contribution in [3.05, 3.63) is 0 Å². The number of nitrogens with zero attached hydrogens (tertiary/aromatic N) is 2. The van der Waals surface area contributed by atoms with Gasteiger partial charge in [0.1, 0.15) is 5.78 Å². The Balaban J connectivity index is 3.79. The molecule has 0 amide bonds. The summed E-state index contributed by atoms with van der Waals surface area (Å²) < 4.78 is 0. The average Bonchev–Trinajstić information content (AvgIpc) is 2.16. The predicted molar refractivity (Wildman–Crippen MR) is 62.9 cm³/mol. The number of rotatable bonds is 6. The van der Waals surface area contributed by atoms with Crippen LogP contribution in [-0.4, -0.2) is 50.4 Å². The van der Waals surface area contributed by atoms with Gasteiger partial charge in [-0.3, -0.25) is 9.79 Å². The summed E-state index contributed by atoms with van der Waals surface area (Å²) in [6, 6.07) is -0.0548. The molecule has 0 radical (unpaired) electrons. The molecule has 0 aromatic carbocycles. The van der Waals surface area contributed by atoms with Crippen LogP contribution >= 0.6 is 0 Å². The second-order valence-corrected chi connectivity index (χ2v) is 3.73. The van der Waals surface area contributed by atoms with E-state index in [-0.39, 0.29) is 11.8 Å². The van der Waals surface area contributed by atoms with Crippen molar-refractivity contribution < 1.29 is 4.79 Å². The van der Waals surface area contributed by atoms with E-state index in [9.17, 15) is 4.79 Å². The number of nitrogens with one attached hydrogen (secondary N) is 1. The van der Waals surface area contributed by atoms with Gasteiger partial charge in [-0.25, -0.2) is 0 Å². The minimum absolute atomic E-state index is 0.0548. The first kappa shape index (κ1) is 13.9. The Kier molecular flexibility index (Phi) is 6.70. The number of Topliss-reactive ketones (excluding diaryl/α,β-unsaturated/α-hetero) is 1. The molecule has 0 aliphatic heterocycles. The topological polar surface area (TPSA) is 70.7 Å². The first-order valence-electron chi connectivity index (χ1n) is 5.14. The number of aliphatic imine (C=N–C) groups is 1. The maximum absolute atomic E-state index is 11.1. The molecule has 0 saturated carbocycles. The monoisotopic (exact) mass is 214 g/mol. The zero-order valence-corrected chi connectivity index (χ0v) is 10.1. The minimum atomic E-state index is -0.0548. The number of likely N-dealkylation sites (N-methyl/N-ethyl adjacent to an activating group) is 1. The number of hydrogen-bond donors (Lipinski definition) is 2. The van der Waals surface area contributed by atoms with Crippen LogP contribution in [0.4, 0.5) is 0 Å². The van der Waals surface area contributed by atoms with Gasteiger partial charge in [0, 0.05) is 20.6 Å². The molecule has 1 unspecified atom stereocenters. The third kappa shape index (κ3) is 6.06. The summed E-state index contributed by atoms with van der Waals surface area (Å²) in [6.07, 6.45) is 1.66. The van der Waals surface area contributed by atoms with E-state index < -0.39 is 0 Å². The summed E-state index contributed by atoms with van der Waals surface area (Å²) in [5.41, 5.74) is 5.62. The van der Waals surface area contributed by atoms with E-state index in [1.165, 1.54) is 0 Å². The molecule has 0 spiro atoms. The third-order valence-corrected chi connectivity index (χ3v) is 2.22. The van der Waals surface area contributed by atoms with Gasteiger partial charge in [-0.2, -0.15) is 0 Å². The van der Waals surface area contributed by atoms with Crippen molar-refractivity contribution in [2.45, 2.75) is 25.8 Å². The van der Waals surface area contributed by atoms with Crippen LogP contribution < -0.4 is 11.1 Å². The molecule has 1 atom stereocenters. The van der Waals surface area contributed by atoms with Crippen LogP contribution in [0.2, 0.25) is 0 Å². The number of carbonyl (C=O) groups excluding carboxylic acids is 1. The summed E-state index contributed by atoms with van der Waals surface area (Å²) >= 11 is 0. The van der Waals surface area contributed by atoms with E-state index >= 15 is 0 Å². The first-order valence-corrected chi connectivity index (χ1v) is 5.14. The molecule has 0 aromatic rings. The number of carbonyl (C=O) groups is 1. The molecular weight excluding hydrogens is 192 g/mol. The average molecular weight is 214 g/mol. The van der Waals surface area contributed by atoms with Gasteiger partial charge in [-0.15, -0.1) is 0 Å². The van der Waals surface area contributed by atoms with Gasteiger partial charge < -0.3 is 16.0 Å². The van der Waals surface area contributed by atoms with Gasteiger partial charge in [0.2, 0.25) is 0 Å². The molecule has 5 nitrogen and oxygen atoms in total. The number of ketones is 1. The van der Waals surface area contributed by atoms with Crippen LogP contribution in [-0.2, 0) is 4.79 Å². The van der Waals surface area contributed by atoms with Crippen molar-refractivity contribution in [3.63, 3.8) is 0 Å². The second kappa shape index (κ2) is 7.23. The lowest BCUT2D eigenvalue weighted by Gasteiger charge is -2.12. The molecule has 0 rings (SSSR count). The quantitative estimate of drug-likeness (QED) is 0.365. The van der Waals surface area contributed by atoms with Gasteiger partial charge in [-0.05, 0) is 26.8 Å². The van der Waals surface area contributed by atoms with E-state index in [1.807, 2.05) is 14.1 Å². The lowest BCUT2D eigenvalue weighted by atomic mass is 10.1. The van der Waals surface area contributed by atoms with Crippen LogP contribution in [0.1, 0.15) is 19.8 Å². The molecule has 0 bridgehead atoms. The Morgan fingerprint density at radius 3 is 2.53 bits per heavy atom. The summed E-state index contributed by atoms with van der Waals surface area (Å²) in [7, 11) is 5.50. The van der Waals surface area contributed by atoms with E-state index in [4.69, 9.17) is 5.73 Å². The van der Waals surface area contributed by atoms with Crippen LogP contribution in [0, 0.1) is 0 Å². The normalized spacial score (nSPS) is 13.7. The standard InChI is InChI=1S/C10H22N4O/c1-8(15)9(12-2)6-5-7-13-10(11)14(3)4/h9,12H,5-7H2,1-4H3,(H2,11,13). The molecule has 0 aliphatic carbocycles. The second-order valence-electron chi connectivity index (χ2n) is 3.73. The lowest BCUT2D eigenvalue weighted by molar-refractivity contribution is -0.119. The van der Waals surface area contributed by atoms with Gasteiger partial charge in [-0.1, -0.05) is 0 Å². The maximum atomic E-state index is 11.1. The van der Waals surface area contributed by atoms with Crippen molar-refractivity contribution in [2.75, 3.05) is 27.7 Å². The maximum Gasteiger partial charge on any atom is 0.190 e. The fourth-order valence-electron chi connectivity index (χ4n) is 1.18. The Morgan fingerprint density at radius 1 is 1.53 bits per heavy atom. The molecule has 0 heterocycles. The highest BCUT2D eigenvalue weighted by atomic mass is 16.1. The van der Waals surface area contributed by atoms with Crippen LogP contribution in [0.15, 0.2) is 4.99 Å². The molecule has 0 aliphatic rings. The Hall–Kier alpha value is -1.10. The summed E-state index contributed by atoms with van der Waals surface area (Å²) in [5, 5.41) is 2.97. The first-order chi connectivity index (χ1) is 6.99. The largest absolute Gasteiger partial charge is 0.370 e. The van der Waals surface area contributed by atoms with Crippen molar-refractivity contribution in [1.82, 2.24) is 10.2 Å². The highest BCUT2D eigenvalue weighted by Gasteiger charge is 2.09. The van der Waals surface area contributed by atoms with Crippen molar-refractivity contribution >= 4 is 11.7 Å². The molecular formula is C10H22N4O. The minimum Gasteiger partial charge on any atom is -0.370 e. The van der Waals surface area contributed by atoms with E-state index in [0.717, 1.165) is 12.8 Å². The Labute approximate surface area is 91.7 Å². The van der Waals surface area contributed by atoms with E-state index in [0.29, 0.717) is 12.5 Å². The van der Waals surface area contributed by atoms with Gasteiger partial charge in [0.25, 0.3) is 0 Å². The van der Waals surface area contributed by atoms with Gasteiger partial charge in [0.05, 0.1) is 6.04 Å². The van der Waals surface area contributed by atoms with E-state index in [1.54, 1.807) is 18.9 Å². The molecule has 3 N–H and O–H groups in total. The van der Waals surface area contributed by atoms with Crippen molar-refractivity contribution in [2.24, 2.45) is 10.7 Å². The molecule has 0 saturated heterocycles. The Morgan fingerprint density at radius 2 is 2.13 bits per heavy atom. The molecule has 15 heavy (non-hydrogen) atoms. The van der Waals surface area contributed by atoms with Crippen molar-refractivity contribution in [1.29, 1.82) is 0 Å². The summed E-state index contributed by atoms with van der Waals surface area (Å²) in [5.74, 6) is 0.695. The zero-order chi connectivity index (χ0) is 11.8. The SMILES string of the molecule is CNC(CCCN=C(N)N(C)C)C(C)=O. The highest BCUT2D eigenvalue weighted by molar-refractivity contribution is 5.81.